The van der Waals surface area contributed by atoms with Crippen LogP contribution in [-0.4, -0.2) is 22.0 Å². The molecule has 1 aromatic rings. The molecule has 0 bridgehead atoms. The zero-order valence-corrected chi connectivity index (χ0v) is 10.2. The van der Waals surface area contributed by atoms with Crippen molar-refractivity contribution >= 4 is 23.1 Å². The van der Waals surface area contributed by atoms with Crippen molar-refractivity contribution in [2.45, 2.75) is 31.6 Å². The van der Waals surface area contributed by atoms with Crippen LogP contribution in [0.2, 0.25) is 0 Å². The fourth-order valence-electron chi connectivity index (χ4n) is 1.06. The molecule has 0 fully saturated rings. The van der Waals surface area contributed by atoms with Gasteiger partial charge in [0.1, 0.15) is 0 Å². The highest BCUT2D eigenvalue weighted by Crippen LogP contribution is 2.14. The molecule has 1 heterocycles. The van der Waals surface area contributed by atoms with Crippen LogP contribution in [0.25, 0.3) is 0 Å². The molecule has 0 saturated carbocycles. The van der Waals surface area contributed by atoms with Crippen molar-refractivity contribution in [3.63, 3.8) is 0 Å². The van der Waals surface area contributed by atoms with Crippen LogP contribution in [0.5, 0.6) is 0 Å². The minimum absolute atomic E-state index is 0.350. The Labute approximate surface area is 93.5 Å². The maximum Gasteiger partial charge on any atom is 0.0794 e. The standard InChI is InChI=1S/C9H17N3S2/c1-7(2)13-5-8(12-10)3-9-4-11-6-14-9/h4,6-8,12H,3,5,10H2,1-2H3. The minimum atomic E-state index is 0.350. The molecule has 80 valence electrons. The summed E-state index contributed by atoms with van der Waals surface area (Å²) in [5.41, 5.74) is 4.71. The van der Waals surface area contributed by atoms with E-state index in [4.69, 9.17) is 5.84 Å². The molecule has 14 heavy (non-hydrogen) atoms. The van der Waals surface area contributed by atoms with E-state index in [0.717, 1.165) is 12.2 Å². The highest BCUT2D eigenvalue weighted by atomic mass is 32.2. The molecule has 0 aliphatic carbocycles. The normalized spacial score (nSPS) is 13.4. The van der Waals surface area contributed by atoms with Crippen LogP contribution in [0.4, 0.5) is 0 Å². The molecule has 0 aliphatic heterocycles. The molecule has 0 spiro atoms. The second-order valence-electron chi connectivity index (χ2n) is 3.42. The molecule has 1 rings (SSSR count). The number of nitrogens with one attached hydrogen (secondary N) is 1. The van der Waals surface area contributed by atoms with Crippen molar-refractivity contribution in [3.8, 4) is 0 Å². The lowest BCUT2D eigenvalue weighted by Gasteiger charge is -2.15. The zero-order valence-electron chi connectivity index (χ0n) is 8.56. The van der Waals surface area contributed by atoms with E-state index >= 15 is 0 Å². The highest BCUT2D eigenvalue weighted by molar-refractivity contribution is 7.99. The Morgan fingerprint density at radius 2 is 2.43 bits per heavy atom. The van der Waals surface area contributed by atoms with Gasteiger partial charge in [0.25, 0.3) is 0 Å². The summed E-state index contributed by atoms with van der Waals surface area (Å²) in [4.78, 5) is 5.34. The molecule has 3 N–H and O–H groups in total. The number of thioether (sulfide) groups is 1. The van der Waals surface area contributed by atoms with E-state index < -0.39 is 0 Å². The maximum atomic E-state index is 5.50. The van der Waals surface area contributed by atoms with Gasteiger partial charge in [0, 0.05) is 29.3 Å². The van der Waals surface area contributed by atoms with Gasteiger partial charge in [-0.05, 0) is 5.25 Å². The number of rotatable bonds is 6. The molecule has 0 aliphatic rings. The predicted octanol–water partition coefficient (Wildman–Crippen LogP) is 1.66. The van der Waals surface area contributed by atoms with Crippen molar-refractivity contribution in [1.82, 2.24) is 10.4 Å². The van der Waals surface area contributed by atoms with Crippen LogP contribution >= 0.6 is 23.1 Å². The number of hydrogen-bond donors (Lipinski definition) is 2. The number of nitrogens with two attached hydrogens (primary N) is 1. The van der Waals surface area contributed by atoms with Gasteiger partial charge in [-0.3, -0.25) is 16.3 Å². The molecule has 1 atom stereocenters. The number of hydrazine groups is 1. The third-order valence-corrected chi connectivity index (χ3v) is 3.86. The number of nitrogens with zero attached hydrogens (tertiary/aromatic N) is 1. The van der Waals surface area contributed by atoms with Crippen molar-refractivity contribution in [3.05, 3.63) is 16.6 Å². The quantitative estimate of drug-likeness (QED) is 0.577. The zero-order chi connectivity index (χ0) is 10.4. The van der Waals surface area contributed by atoms with Gasteiger partial charge < -0.3 is 0 Å². The second-order valence-corrected chi connectivity index (χ2v) is 6.00. The molecule has 0 saturated heterocycles. The molecule has 0 radical (unpaired) electrons. The van der Waals surface area contributed by atoms with Crippen LogP contribution in [0.1, 0.15) is 18.7 Å². The van der Waals surface area contributed by atoms with Gasteiger partial charge in [0.2, 0.25) is 0 Å². The second kappa shape index (κ2) is 6.40. The van der Waals surface area contributed by atoms with Gasteiger partial charge in [-0.2, -0.15) is 11.8 Å². The maximum absolute atomic E-state index is 5.50. The van der Waals surface area contributed by atoms with E-state index in [-0.39, 0.29) is 0 Å². The van der Waals surface area contributed by atoms with Crippen molar-refractivity contribution < 1.29 is 0 Å². The lowest BCUT2D eigenvalue weighted by molar-refractivity contribution is 0.578. The Bertz CT molecular complexity index is 236. The van der Waals surface area contributed by atoms with E-state index in [1.54, 1.807) is 11.3 Å². The largest absolute Gasteiger partial charge is 0.271 e. The molecular weight excluding hydrogens is 214 g/mol. The van der Waals surface area contributed by atoms with Gasteiger partial charge >= 0.3 is 0 Å². The van der Waals surface area contributed by atoms with Gasteiger partial charge in [-0.15, -0.1) is 11.3 Å². The van der Waals surface area contributed by atoms with E-state index in [1.807, 2.05) is 23.5 Å². The third-order valence-electron chi connectivity index (χ3n) is 1.80. The summed E-state index contributed by atoms with van der Waals surface area (Å²) in [5.74, 6) is 6.54. The minimum Gasteiger partial charge on any atom is -0.271 e. The highest BCUT2D eigenvalue weighted by Gasteiger charge is 2.09. The monoisotopic (exact) mass is 231 g/mol. The lowest BCUT2D eigenvalue weighted by atomic mass is 10.2. The molecule has 1 unspecified atom stereocenters. The summed E-state index contributed by atoms with van der Waals surface area (Å²) < 4.78 is 0. The number of thiazole rings is 1. The summed E-state index contributed by atoms with van der Waals surface area (Å²) in [7, 11) is 0. The average Bonchev–Trinajstić information content (AvgIpc) is 2.64. The fraction of sp³-hybridized carbons (Fsp3) is 0.667. The summed E-state index contributed by atoms with van der Waals surface area (Å²) in [6.45, 7) is 4.40. The van der Waals surface area contributed by atoms with E-state index in [1.165, 1.54) is 4.88 Å². The fourth-order valence-corrected chi connectivity index (χ4v) is 2.57. The molecule has 0 amide bonds. The predicted molar refractivity (Wildman–Crippen MR) is 64.5 cm³/mol. The van der Waals surface area contributed by atoms with E-state index in [0.29, 0.717) is 11.3 Å². The molecule has 3 nitrogen and oxygen atoms in total. The number of aromatic nitrogens is 1. The summed E-state index contributed by atoms with van der Waals surface area (Å²) >= 11 is 3.61. The first kappa shape index (κ1) is 12.0. The van der Waals surface area contributed by atoms with Gasteiger partial charge in [0.15, 0.2) is 0 Å². The Morgan fingerprint density at radius 3 is 2.93 bits per heavy atom. The number of hydrogen-bond acceptors (Lipinski definition) is 5. The first-order chi connectivity index (χ1) is 6.72. The van der Waals surface area contributed by atoms with Crippen molar-refractivity contribution in [2.24, 2.45) is 5.84 Å². The summed E-state index contributed by atoms with van der Waals surface area (Å²) in [6, 6.07) is 0.350. The molecule has 5 heteroatoms. The van der Waals surface area contributed by atoms with Gasteiger partial charge in [0.05, 0.1) is 5.51 Å². The Hall–Kier alpha value is -0.100. The molecule has 1 aromatic heterocycles. The Kier molecular flexibility index (Phi) is 5.47. The topological polar surface area (TPSA) is 50.9 Å². The van der Waals surface area contributed by atoms with E-state index in [2.05, 4.69) is 24.3 Å². The first-order valence-electron chi connectivity index (χ1n) is 4.67. The van der Waals surface area contributed by atoms with Crippen molar-refractivity contribution in [1.29, 1.82) is 0 Å². The third kappa shape index (κ3) is 4.41. The van der Waals surface area contributed by atoms with Gasteiger partial charge in [-0.25, -0.2) is 0 Å². The summed E-state index contributed by atoms with van der Waals surface area (Å²) in [5, 5.41) is 0.660. The van der Waals surface area contributed by atoms with Crippen molar-refractivity contribution in [2.75, 3.05) is 5.75 Å². The smallest absolute Gasteiger partial charge is 0.0794 e. The molecular formula is C9H17N3S2. The van der Waals surface area contributed by atoms with Crippen LogP contribution in [0.15, 0.2) is 11.7 Å². The van der Waals surface area contributed by atoms with Crippen LogP contribution in [-0.2, 0) is 6.42 Å². The first-order valence-corrected chi connectivity index (χ1v) is 6.60. The molecule has 0 aromatic carbocycles. The van der Waals surface area contributed by atoms with Crippen LogP contribution in [0, 0.1) is 0 Å². The SMILES string of the molecule is CC(C)SCC(Cc1cncs1)NN. The Balaban J connectivity index is 2.32. The van der Waals surface area contributed by atoms with Crippen LogP contribution in [0.3, 0.4) is 0 Å². The summed E-state index contributed by atoms with van der Waals surface area (Å²) in [6.07, 6.45) is 2.88. The van der Waals surface area contributed by atoms with Crippen LogP contribution < -0.4 is 11.3 Å². The average molecular weight is 231 g/mol. The van der Waals surface area contributed by atoms with E-state index in [9.17, 15) is 0 Å². The Morgan fingerprint density at radius 1 is 1.64 bits per heavy atom. The lowest BCUT2D eigenvalue weighted by Crippen LogP contribution is -2.38. The van der Waals surface area contributed by atoms with Gasteiger partial charge in [-0.1, -0.05) is 13.8 Å².